The fourth-order valence-electron chi connectivity index (χ4n) is 3.74. The van der Waals surface area contributed by atoms with Crippen LogP contribution in [0.1, 0.15) is 31.8 Å². The summed E-state index contributed by atoms with van der Waals surface area (Å²) in [6.07, 6.45) is 2.05. The minimum absolute atomic E-state index is 0.104. The molecule has 4 rings (SSSR count). The number of carbonyl (C=O) groups excluding carboxylic acids is 2. The minimum atomic E-state index is -0.744. The molecule has 2 heterocycles. The summed E-state index contributed by atoms with van der Waals surface area (Å²) < 4.78 is 18.0. The van der Waals surface area contributed by atoms with Crippen LogP contribution in [-0.4, -0.2) is 60.2 Å². The molecule has 3 aromatic rings. The molecule has 7 nitrogen and oxygen atoms in total. The zero-order valence-electron chi connectivity index (χ0n) is 17.0. The Kier molecular flexibility index (Phi) is 5.81. The fraction of sp³-hybridized carbons (Fsp3) is 0.261. The number of aromatic hydroxyl groups is 1. The summed E-state index contributed by atoms with van der Waals surface area (Å²) in [5.41, 5.74) is 2.01. The lowest BCUT2D eigenvalue weighted by molar-refractivity contribution is 0.0597. The second kappa shape index (κ2) is 8.69. The molecule has 160 valence electrons. The highest BCUT2D eigenvalue weighted by Crippen LogP contribution is 2.32. The quantitative estimate of drug-likeness (QED) is 0.627. The average molecular weight is 423 g/mol. The second-order valence-corrected chi connectivity index (χ2v) is 7.40. The minimum Gasteiger partial charge on any atom is -0.505 e. The monoisotopic (exact) mass is 423 g/mol. The standard InChI is InChI=1S/C23H22FN3O4/c1-31-23(30)19-12-18(22(29)27-8-6-25-7-9-27)17-11-15(13-26-20(17)21(19)28)10-14-2-4-16(24)5-3-14/h2-5,11-13,25,28H,6-10H2,1H3. The Balaban J connectivity index is 1.82. The first-order chi connectivity index (χ1) is 15.0. The molecule has 1 aliphatic rings. The number of phenols is 1. The number of pyridine rings is 1. The molecule has 2 aromatic carbocycles. The van der Waals surface area contributed by atoms with Crippen LogP contribution in [0.3, 0.4) is 0 Å². The van der Waals surface area contributed by atoms with Crippen LogP contribution in [0, 0.1) is 5.82 Å². The summed E-state index contributed by atoms with van der Waals surface area (Å²) in [4.78, 5) is 31.5. The molecule has 0 unspecified atom stereocenters. The van der Waals surface area contributed by atoms with Gasteiger partial charge in [-0.25, -0.2) is 9.18 Å². The third-order valence-electron chi connectivity index (χ3n) is 5.36. The molecular weight excluding hydrogens is 401 g/mol. The lowest BCUT2D eigenvalue weighted by atomic mass is 9.98. The third kappa shape index (κ3) is 4.20. The van der Waals surface area contributed by atoms with Crippen molar-refractivity contribution < 1.29 is 23.8 Å². The Labute approximate surface area is 178 Å². The predicted molar refractivity (Wildman–Crippen MR) is 113 cm³/mol. The average Bonchev–Trinajstić information content (AvgIpc) is 2.80. The molecule has 8 heteroatoms. The highest BCUT2D eigenvalue weighted by molar-refractivity contribution is 6.11. The van der Waals surface area contributed by atoms with Gasteiger partial charge in [0.1, 0.15) is 16.9 Å². The number of nitrogens with zero attached hydrogens (tertiary/aromatic N) is 2. The number of ether oxygens (including phenoxy) is 1. The Morgan fingerprint density at radius 2 is 1.84 bits per heavy atom. The maximum atomic E-state index is 13.3. The molecule has 1 amide bonds. The van der Waals surface area contributed by atoms with E-state index in [0.717, 1.165) is 11.1 Å². The van der Waals surface area contributed by atoms with Crippen LogP contribution in [0.5, 0.6) is 5.75 Å². The number of methoxy groups -OCH3 is 1. The van der Waals surface area contributed by atoms with Crippen molar-refractivity contribution >= 4 is 22.8 Å². The Morgan fingerprint density at radius 3 is 2.52 bits per heavy atom. The van der Waals surface area contributed by atoms with Gasteiger partial charge >= 0.3 is 5.97 Å². The molecule has 1 fully saturated rings. The van der Waals surface area contributed by atoms with Crippen molar-refractivity contribution in [2.75, 3.05) is 33.3 Å². The van der Waals surface area contributed by atoms with Crippen molar-refractivity contribution in [2.24, 2.45) is 0 Å². The molecule has 2 N–H and O–H groups in total. The number of carbonyl (C=O) groups is 2. The van der Waals surface area contributed by atoms with E-state index in [1.165, 1.54) is 25.3 Å². The zero-order valence-corrected chi connectivity index (χ0v) is 17.0. The van der Waals surface area contributed by atoms with Crippen molar-refractivity contribution in [3.63, 3.8) is 0 Å². The molecule has 0 radical (unpaired) electrons. The summed E-state index contributed by atoms with van der Waals surface area (Å²) in [6.45, 7) is 2.44. The number of aromatic nitrogens is 1. The Hall–Kier alpha value is -3.52. The van der Waals surface area contributed by atoms with Gasteiger partial charge in [0.25, 0.3) is 5.91 Å². The normalized spacial score (nSPS) is 13.9. The first kappa shape index (κ1) is 20.7. The van der Waals surface area contributed by atoms with E-state index in [1.54, 1.807) is 29.3 Å². The highest BCUT2D eigenvalue weighted by atomic mass is 19.1. The fourth-order valence-corrected chi connectivity index (χ4v) is 3.74. The van der Waals surface area contributed by atoms with Crippen molar-refractivity contribution in [3.8, 4) is 5.75 Å². The predicted octanol–water partition coefficient (Wildman–Crippen LogP) is 2.50. The first-order valence-electron chi connectivity index (χ1n) is 9.95. The molecule has 1 aliphatic heterocycles. The molecule has 31 heavy (non-hydrogen) atoms. The molecule has 1 saturated heterocycles. The number of esters is 1. The van der Waals surface area contributed by atoms with Crippen LogP contribution in [-0.2, 0) is 11.2 Å². The number of nitrogens with one attached hydrogen (secondary N) is 1. The van der Waals surface area contributed by atoms with Gasteiger partial charge in [-0.05, 0) is 41.8 Å². The van der Waals surface area contributed by atoms with Crippen LogP contribution >= 0.6 is 0 Å². The van der Waals surface area contributed by atoms with Gasteiger partial charge in [0, 0.05) is 37.8 Å². The largest absolute Gasteiger partial charge is 0.505 e. The number of rotatable bonds is 4. The van der Waals surface area contributed by atoms with Crippen LogP contribution < -0.4 is 5.32 Å². The SMILES string of the molecule is COC(=O)c1cc(C(=O)N2CCNCC2)c2cc(Cc3ccc(F)cc3)cnc2c1O. The van der Waals surface area contributed by atoms with E-state index in [9.17, 15) is 19.1 Å². The first-order valence-corrected chi connectivity index (χ1v) is 9.95. The van der Waals surface area contributed by atoms with E-state index in [-0.39, 0.29) is 34.1 Å². The Bertz CT molecular complexity index is 1140. The molecule has 0 spiro atoms. The van der Waals surface area contributed by atoms with Crippen LogP contribution in [0.4, 0.5) is 4.39 Å². The van der Waals surface area contributed by atoms with Gasteiger partial charge in [0.05, 0.1) is 12.7 Å². The number of hydrogen-bond acceptors (Lipinski definition) is 6. The number of halogens is 1. The topological polar surface area (TPSA) is 91.8 Å². The zero-order chi connectivity index (χ0) is 22.0. The summed E-state index contributed by atoms with van der Waals surface area (Å²) in [5.74, 6) is -1.63. The summed E-state index contributed by atoms with van der Waals surface area (Å²) in [7, 11) is 1.21. The smallest absolute Gasteiger partial charge is 0.341 e. The molecule has 0 saturated carbocycles. The van der Waals surface area contributed by atoms with Gasteiger partial charge in [-0.2, -0.15) is 0 Å². The maximum absolute atomic E-state index is 13.3. The maximum Gasteiger partial charge on any atom is 0.341 e. The van der Waals surface area contributed by atoms with Crippen LogP contribution in [0.15, 0.2) is 42.6 Å². The number of fused-ring (bicyclic) bond motifs is 1. The van der Waals surface area contributed by atoms with Crippen molar-refractivity contribution in [1.29, 1.82) is 0 Å². The third-order valence-corrected chi connectivity index (χ3v) is 5.36. The number of amides is 1. The summed E-state index contributed by atoms with van der Waals surface area (Å²) in [5, 5.41) is 14.3. The van der Waals surface area contributed by atoms with E-state index in [1.807, 2.05) is 0 Å². The van der Waals surface area contributed by atoms with Gasteiger partial charge in [0.15, 0.2) is 5.75 Å². The van der Waals surface area contributed by atoms with Gasteiger partial charge < -0.3 is 20.1 Å². The van der Waals surface area contributed by atoms with Crippen LogP contribution in [0.2, 0.25) is 0 Å². The molecule has 0 bridgehead atoms. The number of piperazine rings is 1. The Morgan fingerprint density at radius 1 is 1.13 bits per heavy atom. The lowest BCUT2D eigenvalue weighted by Crippen LogP contribution is -2.46. The van der Waals surface area contributed by atoms with E-state index in [2.05, 4.69) is 10.3 Å². The van der Waals surface area contributed by atoms with Gasteiger partial charge in [0.2, 0.25) is 0 Å². The highest BCUT2D eigenvalue weighted by Gasteiger charge is 2.25. The van der Waals surface area contributed by atoms with E-state index in [0.29, 0.717) is 38.0 Å². The molecule has 0 aliphatic carbocycles. The van der Waals surface area contributed by atoms with E-state index < -0.39 is 5.97 Å². The van der Waals surface area contributed by atoms with Gasteiger partial charge in [-0.15, -0.1) is 0 Å². The van der Waals surface area contributed by atoms with Gasteiger partial charge in [-0.1, -0.05) is 12.1 Å². The number of hydrogen-bond donors (Lipinski definition) is 2. The summed E-state index contributed by atoms with van der Waals surface area (Å²) in [6, 6.07) is 9.29. The van der Waals surface area contributed by atoms with Crippen molar-refractivity contribution in [1.82, 2.24) is 15.2 Å². The summed E-state index contributed by atoms with van der Waals surface area (Å²) >= 11 is 0. The second-order valence-electron chi connectivity index (χ2n) is 7.40. The number of benzene rings is 2. The van der Waals surface area contributed by atoms with E-state index >= 15 is 0 Å². The molecule has 0 atom stereocenters. The van der Waals surface area contributed by atoms with Crippen molar-refractivity contribution in [3.05, 3.63) is 70.7 Å². The van der Waals surface area contributed by atoms with E-state index in [4.69, 9.17) is 4.74 Å². The lowest BCUT2D eigenvalue weighted by Gasteiger charge is -2.28. The van der Waals surface area contributed by atoms with Crippen LogP contribution in [0.25, 0.3) is 10.9 Å². The molecular formula is C23H22FN3O4. The molecule has 1 aromatic heterocycles. The number of phenolic OH excluding ortho intramolecular Hbond substituents is 1. The van der Waals surface area contributed by atoms with Crippen molar-refractivity contribution in [2.45, 2.75) is 6.42 Å². The van der Waals surface area contributed by atoms with Gasteiger partial charge in [-0.3, -0.25) is 9.78 Å².